The van der Waals surface area contributed by atoms with Crippen molar-refractivity contribution in [2.75, 3.05) is 24.5 Å². The van der Waals surface area contributed by atoms with Crippen LogP contribution in [0, 0.1) is 0 Å². The number of carboxylic acid groups (broad SMARTS) is 1. The molecule has 0 unspecified atom stereocenters. The fraction of sp³-hybridized carbons (Fsp3) is 0.312. The maximum Gasteiger partial charge on any atom is 0.490 e. The highest BCUT2D eigenvalue weighted by atomic mass is 32.2. The van der Waals surface area contributed by atoms with Gasteiger partial charge < -0.3 is 21.1 Å². The molecule has 0 saturated carbocycles. The third-order valence-electron chi connectivity index (χ3n) is 4.42. The molecule has 198 valence electrons. The van der Waals surface area contributed by atoms with Gasteiger partial charge >= 0.3 is 40.4 Å². The summed E-state index contributed by atoms with van der Waals surface area (Å²) >= 11 is 0. The number of anilines is 1. The number of carboxylic acids is 1. The quantitative estimate of drug-likeness (QED) is 0.196. The van der Waals surface area contributed by atoms with Crippen LogP contribution in [0.3, 0.4) is 0 Å². The first kappa shape index (κ1) is 27.9. The highest BCUT2D eigenvalue weighted by Gasteiger charge is 2.41. The lowest BCUT2D eigenvalue weighted by molar-refractivity contribution is -0.192. The molecule has 2 fully saturated rings. The van der Waals surface area contributed by atoms with Crippen molar-refractivity contribution in [3.8, 4) is 11.5 Å². The van der Waals surface area contributed by atoms with E-state index in [1.165, 1.54) is 15.5 Å². The Morgan fingerprint density at radius 3 is 1.97 bits per heavy atom. The summed E-state index contributed by atoms with van der Waals surface area (Å²) in [5.74, 6) is -4.42. The van der Waals surface area contributed by atoms with Crippen molar-refractivity contribution in [1.29, 1.82) is 0 Å². The first-order valence-electron chi connectivity index (χ1n) is 9.31. The van der Waals surface area contributed by atoms with Gasteiger partial charge in [-0.2, -0.15) is 21.6 Å². The topological polar surface area (TPSA) is 240 Å². The average Bonchev–Trinajstić information content (AvgIpc) is 3.14. The van der Waals surface area contributed by atoms with Gasteiger partial charge in [-0.1, -0.05) is 0 Å². The van der Waals surface area contributed by atoms with Crippen molar-refractivity contribution < 1.29 is 60.9 Å². The zero-order valence-electron chi connectivity index (χ0n) is 17.6. The van der Waals surface area contributed by atoms with Crippen molar-refractivity contribution in [2.45, 2.75) is 12.2 Å². The second-order valence-corrected chi connectivity index (χ2v) is 8.35. The highest BCUT2D eigenvalue weighted by molar-refractivity contribution is 7.88. The lowest BCUT2D eigenvalue weighted by Gasteiger charge is -2.33. The largest absolute Gasteiger partial charge is 0.504 e. The zero-order chi connectivity index (χ0) is 27.6. The van der Waals surface area contributed by atoms with Crippen molar-refractivity contribution in [1.82, 2.24) is 19.2 Å². The summed E-state index contributed by atoms with van der Waals surface area (Å²) in [6.07, 6.45) is -5.08. The number of halogens is 3. The molecular weight excluding hydrogens is 525 g/mol. The van der Waals surface area contributed by atoms with Gasteiger partial charge in [-0.25, -0.2) is 33.5 Å². The highest BCUT2D eigenvalue weighted by Crippen LogP contribution is 2.31. The standard InChI is InChI=1S/C14H16N6O8S.C2HF3O2/c15-8-6-20(11(8)23)13(25)17-29(27,28)16-12(24)19-4-3-18(14(19)26)7-1-2-9(21)10(22)5-7;3-2(4,5)1(6)7/h1-2,5,8,21-22H,3-4,6,15H2,(H,16,24)(H,17,25);(H,6,7)/t8-;/m0./s1. The molecule has 7 N–H and O–H groups in total. The van der Waals surface area contributed by atoms with E-state index in [1.54, 1.807) is 0 Å². The minimum absolute atomic E-state index is 0.0109. The molecule has 0 bridgehead atoms. The number of benzene rings is 1. The Balaban J connectivity index is 0.000000572. The average molecular weight is 542 g/mol. The van der Waals surface area contributed by atoms with Crippen LogP contribution in [0.15, 0.2) is 18.2 Å². The first-order chi connectivity index (χ1) is 16.4. The fourth-order valence-corrected chi connectivity index (χ4v) is 3.38. The molecule has 0 aliphatic carbocycles. The van der Waals surface area contributed by atoms with Gasteiger partial charge in [0.15, 0.2) is 11.5 Å². The van der Waals surface area contributed by atoms with Gasteiger partial charge in [0.05, 0.1) is 13.1 Å². The molecule has 36 heavy (non-hydrogen) atoms. The molecule has 1 aromatic carbocycles. The maximum absolute atomic E-state index is 12.4. The normalized spacial score (nSPS) is 17.7. The molecule has 7 amide bonds. The molecule has 2 aliphatic heterocycles. The monoisotopic (exact) mass is 542 g/mol. The summed E-state index contributed by atoms with van der Waals surface area (Å²) < 4.78 is 58.6. The van der Waals surface area contributed by atoms with E-state index in [0.717, 1.165) is 17.0 Å². The van der Waals surface area contributed by atoms with Crippen LogP contribution in [0.25, 0.3) is 0 Å². The third kappa shape index (κ3) is 6.41. The van der Waals surface area contributed by atoms with Crippen LogP contribution in [0.5, 0.6) is 11.5 Å². The lowest BCUT2D eigenvalue weighted by Crippen LogP contribution is -2.66. The number of nitrogens with zero attached hydrogens (tertiary/aromatic N) is 3. The number of carbonyl (C=O) groups is 5. The second kappa shape index (κ2) is 10.1. The van der Waals surface area contributed by atoms with E-state index in [0.29, 0.717) is 9.80 Å². The van der Waals surface area contributed by atoms with Gasteiger partial charge in [-0.15, -0.1) is 0 Å². The predicted octanol–water partition coefficient (Wildman–Crippen LogP) is -1.19. The summed E-state index contributed by atoms with van der Waals surface area (Å²) in [6, 6.07) is -0.841. The third-order valence-corrected chi connectivity index (χ3v) is 5.31. The van der Waals surface area contributed by atoms with Crippen LogP contribution in [0.1, 0.15) is 0 Å². The minimum Gasteiger partial charge on any atom is -0.504 e. The number of nitrogens with one attached hydrogen (secondary N) is 2. The molecule has 2 heterocycles. The lowest BCUT2D eigenvalue weighted by atomic mass is 10.1. The number of rotatable bonds is 3. The van der Waals surface area contributed by atoms with Crippen LogP contribution in [0.2, 0.25) is 0 Å². The Kier molecular flexibility index (Phi) is 7.84. The van der Waals surface area contributed by atoms with Gasteiger partial charge in [-0.3, -0.25) is 14.6 Å². The van der Waals surface area contributed by atoms with Gasteiger partial charge in [0, 0.05) is 18.3 Å². The Morgan fingerprint density at radius 1 is 1.00 bits per heavy atom. The van der Waals surface area contributed by atoms with E-state index >= 15 is 0 Å². The molecule has 16 nitrogen and oxygen atoms in total. The maximum atomic E-state index is 12.4. The number of nitrogens with two attached hydrogens (primary N) is 1. The minimum atomic E-state index is -5.08. The number of hydrogen-bond acceptors (Lipinski definition) is 10. The fourth-order valence-electron chi connectivity index (χ4n) is 2.65. The number of aromatic hydroxyl groups is 2. The van der Waals surface area contributed by atoms with Gasteiger partial charge in [0.25, 0.3) is 0 Å². The Hall–Kier alpha value is -4.33. The molecule has 2 aliphatic rings. The molecule has 2 saturated heterocycles. The second-order valence-electron chi connectivity index (χ2n) is 6.93. The van der Waals surface area contributed by atoms with E-state index in [1.807, 2.05) is 0 Å². The SMILES string of the molecule is N[C@H]1CN(C(=O)NS(=O)(=O)NC(=O)N2CCN(c3ccc(O)c(O)c3)C2=O)C1=O.O=C(O)C(F)(F)F. The zero-order valence-corrected chi connectivity index (χ0v) is 18.4. The van der Waals surface area contributed by atoms with Crippen molar-refractivity contribution >= 4 is 45.9 Å². The molecule has 20 heteroatoms. The van der Waals surface area contributed by atoms with Crippen LogP contribution in [-0.4, -0.2) is 95.4 Å². The van der Waals surface area contributed by atoms with Crippen molar-refractivity contribution in [3.05, 3.63) is 18.2 Å². The Bertz CT molecular complexity index is 1210. The predicted molar refractivity (Wildman–Crippen MR) is 109 cm³/mol. The summed E-state index contributed by atoms with van der Waals surface area (Å²) in [6.45, 7) is -0.370. The molecule has 0 aromatic heterocycles. The first-order valence-corrected chi connectivity index (χ1v) is 10.8. The Morgan fingerprint density at radius 2 is 1.53 bits per heavy atom. The summed E-state index contributed by atoms with van der Waals surface area (Å²) in [5.41, 5.74) is 5.47. The number of carbonyl (C=O) groups excluding carboxylic acids is 4. The molecule has 1 atom stereocenters. The van der Waals surface area contributed by atoms with Crippen LogP contribution < -0.4 is 20.1 Å². The number of hydrogen-bond donors (Lipinski definition) is 6. The van der Waals surface area contributed by atoms with E-state index in [9.17, 15) is 51.0 Å². The summed E-state index contributed by atoms with van der Waals surface area (Å²) in [4.78, 5) is 58.7. The smallest absolute Gasteiger partial charge is 0.490 e. The van der Waals surface area contributed by atoms with Crippen LogP contribution in [-0.2, 0) is 19.8 Å². The summed E-state index contributed by atoms with van der Waals surface area (Å²) in [7, 11) is -4.72. The number of aliphatic carboxylic acids is 1. The number of phenols is 2. The molecule has 0 radical (unpaired) electrons. The summed E-state index contributed by atoms with van der Waals surface area (Å²) in [5, 5.41) is 26.0. The number of likely N-dealkylation sites (tertiary alicyclic amines) is 1. The molecular formula is C16H17F3N6O10S. The van der Waals surface area contributed by atoms with E-state index < -0.39 is 63.9 Å². The van der Waals surface area contributed by atoms with E-state index in [2.05, 4.69) is 0 Å². The van der Waals surface area contributed by atoms with Gasteiger partial charge in [0.2, 0.25) is 5.91 Å². The van der Waals surface area contributed by atoms with E-state index in [-0.39, 0.29) is 25.3 Å². The number of phenolic OH excluding ortho intramolecular Hbond substituents is 2. The molecule has 1 aromatic rings. The molecule has 3 rings (SSSR count). The van der Waals surface area contributed by atoms with Crippen molar-refractivity contribution in [2.24, 2.45) is 5.73 Å². The van der Waals surface area contributed by atoms with E-state index in [4.69, 9.17) is 15.6 Å². The van der Waals surface area contributed by atoms with Gasteiger partial charge in [0.1, 0.15) is 6.04 Å². The van der Waals surface area contributed by atoms with Crippen LogP contribution >= 0.6 is 0 Å². The van der Waals surface area contributed by atoms with Gasteiger partial charge in [-0.05, 0) is 12.1 Å². The number of amides is 7. The number of alkyl halides is 3. The number of imide groups is 2. The number of β-lactam (4-membered cyclic amide) rings is 1. The molecule has 0 spiro atoms. The Labute approximate surface area is 198 Å². The number of urea groups is 3. The van der Waals surface area contributed by atoms with Crippen LogP contribution in [0.4, 0.5) is 33.2 Å². The van der Waals surface area contributed by atoms with Crippen molar-refractivity contribution in [3.63, 3.8) is 0 Å².